The van der Waals surface area contributed by atoms with E-state index in [0.717, 1.165) is 33.4 Å². The predicted octanol–water partition coefficient (Wildman–Crippen LogP) is 9.75. The van der Waals surface area contributed by atoms with Gasteiger partial charge in [0.05, 0.1) is 47.9 Å². The maximum absolute atomic E-state index is 6.85. The number of rotatable bonds is 3. The number of hydrogen-bond acceptors (Lipinski definition) is 3. The molecule has 0 aliphatic heterocycles. The van der Waals surface area contributed by atoms with E-state index in [4.69, 9.17) is 84.6 Å². The fourth-order valence-electron chi connectivity index (χ4n) is 5.59. The first kappa shape index (κ1) is 25.6. The van der Waals surface area contributed by atoms with E-state index in [1.807, 2.05) is 72.8 Å². The highest BCUT2D eigenvalue weighted by Gasteiger charge is 2.39. The summed E-state index contributed by atoms with van der Waals surface area (Å²) in [6.45, 7) is 0. The lowest BCUT2D eigenvalue weighted by molar-refractivity contribution is 0.725. The van der Waals surface area contributed by atoms with Crippen molar-refractivity contribution in [2.24, 2.45) is 0 Å². The van der Waals surface area contributed by atoms with Gasteiger partial charge in [0, 0.05) is 0 Å². The van der Waals surface area contributed by atoms with E-state index in [-0.39, 0.29) is 0 Å². The van der Waals surface area contributed by atoms with Gasteiger partial charge in [-0.2, -0.15) is 0 Å². The molecule has 39 heavy (non-hydrogen) atoms. The zero-order valence-corrected chi connectivity index (χ0v) is 24.3. The van der Waals surface area contributed by atoms with Crippen molar-refractivity contribution in [2.75, 3.05) is 0 Å². The van der Waals surface area contributed by atoms with Crippen molar-refractivity contribution in [3.05, 3.63) is 139 Å². The Morgan fingerprint density at radius 3 is 0.923 bits per heavy atom. The zero-order chi connectivity index (χ0) is 27.0. The van der Waals surface area contributed by atoms with Gasteiger partial charge in [-0.1, -0.05) is 142 Å². The molecular formula is C30H15Cl6N3. The second-order valence-corrected chi connectivity index (χ2v) is 11.8. The fourth-order valence-corrected chi connectivity index (χ4v) is 7.39. The molecule has 0 radical (unpaired) electrons. The maximum Gasteiger partial charge on any atom is 0.145 e. The Kier molecular flexibility index (Phi) is 6.31. The molecule has 0 fully saturated rings. The normalized spacial score (nSPS) is 21.5. The Morgan fingerprint density at radius 1 is 0.385 bits per heavy atom. The second kappa shape index (κ2) is 9.62. The summed E-state index contributed by atoms with van der Waals surface area (Å²) < 4.78 is 0. The second-order valence-electron chi connectivity index (χ2n) is 9.46. The van der Waals surface area contributed by atoms with Crippen LogP contribution in [0.5, 0.6) is 0 Å². The number of aromatic nitrogens is 3. The monoisotopic (exact) mass is 627 g/mol. The van der Waals surface area contributed by atoms with Crippen LogP contribution in [-0.4, -0.2) is 15.0 Å². The van der Waals surface area contributed by atoms with E-state index < -0.39 is 17.8 Å². The Hall–Kier alpha value is -2.37. The number of halogens is 6. The minimum atomic E-state index is -0.486. The number of benzene rings is 3. The molecule has 3 aliphatic carbocycles. The van der Waals surface area contributed by atoms with Crippen molar-refractivity contribution in [3.63, 3.8) is 0 Å². The van der Waals surface area contributed by atoms with E-state index >= 15 is 0 Å². The van der Waals surface area contributed by atoms with Crippen LogP contribution in [0.1, 0.15) is 68.6 Å². The van der Waals surface area contributed by atoms with Gasteiger partial charge in [0.25, 0.3) is 0 Å². The molecule has 1 heterocycles. The lowest BCUT2D eigenvalue weighted by Gasteiger charge is -2.20. The highest BCUT2D eigenvalue weighted by Crippen LogP contribution is 2.52. The first-order chi connectivity index (χ1) is 18.9. The minimum absolute atomic E-state index is 0.443. The highest BCUT2D eigenvalue weighted by atomic mass is 35.5. The van der Waals surface area contributed by atoms with E-state index in [1.54, 1.807) is 0 Å². The molecule has 3 unspecified atom stereocenters. The molecule has 3 aliphatic rings. The Morgan fingerprint density at radius 2 is 0.641 bits per heavy atom. The standard InChI is InChI=1S/C30H15Cl6N3/c31-22-16-10-4-1-7-13(16)19(25(22)34)28-37-29(20-14-8-2-5-11-17(14)23(32)26(20)35)39-30(38-28)21-15-9-3-6-12-18(15)24(33)27(21)36/h1-12,19-21H. The number of hydrogen-bond donors (Lipinski definition) is 0. The molecule has 0 amide bonds. The van der Waals surface area contributed by atoms with Gasteiger partial charge in [0.2, 0.25) is 0 Å². The average Bonchev–Trinajstić information content (AvgIpc) is 3.48. The van der Waals surface area contributed by atoms with Crippen molar-refractivity contribution in [1.29, 1.82) is 0 Å². The molecule has 9 heteroatoms. The molecule has 192 valence electrons. The van der Waals surface area contributed by atoms with Crippen LogP contribution in [0.15, 0.2) is 87.9 Å². The summed E-state index contributed by atoms with van der Waals surface area (Å²) in [5, 5.41) is 2.75. The maximum atomic E-state index is 6.85. The molecule has 7 rings (SSSR count). The van der Waals surface area contributed by atoms with E-state index in [9.17, 15) is 0 Å². The topological polar surface area (TPSA) is 38.7 Å². The van der Waals surface area contributed by atoms with Crippen LogP contribution in [0, 0.1) is 0 Å². The first-order valence-corrected chi connectivity index (χ1v) is 14.3. The van der Waals surface area contributed by atoms with Crippen molar-refractivity contribution >= 4 is 84.7 Å². The summed E-state index contributed by atoms with van der Waals surface area (Å²) in [4.78, 5) is 14.9. The van der Waals surface area contributed by atoms with Crippen LogP contribution in [0.3, 0.4) is 0 Å². The zero-order valence-electron chi connectivity index (χ0n) is 19.8. The summed E-state index contributed by atoms with van der Waals surface area (Å²) in [6, 6.07) is 23.3. The van der Waals surface area contributed by atoms with Gasteiger partial charge in [-0.15, -0.1) is 0 Å². The van der Waals surface area contributed by atoms with Crippen LogP contribution in [0.2, 0.25) is 0 Å². The van der Waals surface area contributed by atoms with Gasteiger partial charge in [0.15, 0.2) is 0 Å². The number of allylic oxidation sites excluding steroid dienone is 3. The third kappa shape index (κ3) is 3.83. The van der Waals surface area contributed by atoms with Crippen molar-refractivity contribution in [1.82, 2.24) is 15.0 Å². The highest BCUT2D eigenvalue weighted by molar-refractivity contribution is 6.57. The predicted molar refractivity (Wildman–Crippen MR) is 161 cm³/mol. The van der Waals surface area contributed by atoms with Crippen LogP contribution in [-0.2, 0) is 0 Å². The molecule has 1 aromatic heterocycles. The summed E-state index contributed by atoms with van der Waals surface area (Å²) in [7, 11) is 0. The molecule has 3 aromatic carbocycles. The average molecular weight is 630 g/mol. The third-order valence-electron chi connectivity index (χ3n) is 7.38. The molecule has 0 saturated heterocycles. The lowest BCUT2D eigenvalue weighted by atomic mass is 9.96. The van der Waals surface area contributed by atoms with Crippen LogP contribution >= 0.6 is 69.6 Å². The Balaban J connectivity index is 1.48. The van der Waals surface area contributed by atoms with Gasteiger partial charge >= 0.3 is 0 Å². The molecule has 0 N–H and O–H groups in total. The van der Waals surface area contributed by atoms with Gasteiger partial charge in [0.1, 0.15) is 17.5 Å². The number of fused-ring (bicyclic) bond motifs is 3. The minimum Gasteiger partial charge on any atom is -0.216 e. The molecule has 0 spiro atoms. The third-order valence-corrected chi connectivity index (χ3v) is 10.1. The molecule has 3 atom stereocenters. The van der Waals surface area contributed by atoms with Gasteiger partial charge < -0.3 is 0 Å². The lowest BCUT2D eigenvalue weighted by Crippen LogP contribution is -2.17. The van der Waals surface area contributed by atoms with Crippen molar-refractivity contribution in [3.8, 4) is 0 Å². The molecule has 3 nitrogen and oxygen atoms in total. The smallest absolute Gasteiger partial charge is 0.145 e. The summed E-state index contributed by atoms with van der Waals surface area (Å²) in [6.07, 6.45) is 0. The Bertz CT molecular complexity index is 1590. The van der Waals surface area contributed by atoms with Crippen LogP contribution in [0.4, 0.5) is 0 Å². The SMILES string of the molecule is ClC1=C(Cl)C(c2nc(C3C(Cl)=C(Cl)c4ccccc43)nc(C3C(Cl)=C(Cl)c4ccccc43)n2)c2ccccc21. The van der Waals surface area contributed by atoms with Crippen LogP contribution < -0.4 is 0 Å². The first-order valence-electron chi connectivity index (χ1n) is 12.1. The molecule has 0 bridgehead atoms. The van der Waals surface area contributed by atoms with Gasteiger partial charge in [-0.3, -0.25) is 0 Å². The quantitative estimate of drug-likeness (QED) is 0.226. The van der Waals surface area contributed by atoms with Crippen molar-refractivity contribution in [2.45, 2.75) is 17.8 Å². The summed E-state index contributed by atoms with van der Waals surface area (Å²) in [5.41, 5.74) is 5.27. The Labute approximate surface area is 254 Å². The summed E-state index contributed by atoms with van der Waals surface area (Å²) >= 11 is 40.6. The fraction of sp³-hybridized carbons (Fsp3) is 0.100. The molecule has 0 saturated carbocycles. The van der Waals surface area contributed by atoms with E-state index in [1.165, 1.54) is 0 Å². The van der Waals surface area contributed by atoms with Crippen molar-refractivity contribution < 1.29 is 0 Å². The van der Waals surface area contributed by atoms with E-state index in [2.05, 4.69) is 0 Å². The van der Waals surface area contributed by atoms with E-state index in [0.29, 0.717) is 47.7 Å². The number of nitrogens with zero attached hydrogens (tertiary/aromatic N) is 3. The largest absolute Gasteiger partial charge is 0.216 e. The summed E-state index contributed by atoms with van der Waals surface area (Å²) in [5.74, 6) is -0.129. The van der Waals surface area contributed by atoms with Crippen LogP contribution in [0.25, 0.3) is 15.1 Å². The molecule has 4 aromatic rings. The van der Waals surface area contributed by atoms with Gasteiger partial charge in [-0.25, -0.2) is 15.0 Å². The van der Waals surface area contributed by atoms with Gasteiger partial charge in [-0.05, 0) is 33.4 Å². The molecular weight excluding hydrogens is 615 g/mol.